The second-order valence-electron chi connectivity index (χ2n) is 7.78. The Kier molecular flexibility index (Phi) is 7.38. The second-order valence-corrected chi connectivity index (χ2v) is 7.78. The summed E-state index contributed by atoms with van der Waals surface area (Å²) < 4.78 is 59.0. The molecule has 2 aromatic heterocycles. The third-order valence-electron chi connectivity index (χ3n) is 5.39. The fraction of sp³-hybridized carbons (Fsp3) is 0.292. The Morgan fingerprint density at radius 3 is 2.35 bits per heavy atom. The fourth-order valence-electron chi connectivity index (χ4n) is 3.55. The number of rotatable bonds is 8. The molecule has 34 heavy (non-hydrogen) atoms. The van der Waals surface area contributed by atoms with Crippen LogP contribution in [-0.2, 0) is 35.2 Å². The highest BCUT2D eigenvalue weighted by molar-refractivity contribution is 5.99. The highest BCUT2D eigenvalue weighted by atomic mass is 19.4. The van der Waals surface area contributed by atoms with Crippen molar-refractivity contribution >= 4 is 11.8 Å². The summed E-state index contributed by atoms with van der Waals surface area (Å²) in [6.07, 6.45) is -3.53. The summed E-state index contributed by atoms with van der Waals surface area (Å²) in [5, 5.41) is 0. The van der Waals surface area contributed by atoms with Gasteiger partial charge in [-0.05, 0) is 50.1 Å². The summed E-state index contributed by atoms with van der Waals surface area (Å²) >= 11 is 0. The van der Waals surface area contributed by atoms with Gasteiger partial charge in [0.25, 0.3) is 5.56 Å². The van der Waals surface area contributed by atoms with E-state index >= 15 is 0 Å². The number of alkyl halides is 3. The maximum absolute atomic E-state index is 13.1. The number of carbonyl (C=O) groups excluding carboxylic acids is 2. The van der Waals surface area contributed by atoms with Crippen LogP contribution in [0.3, 0.4) is 0 Å². The molecule has 0 radical (unpaired) electrons. The van der Waals surface area contributed by atoms with Crippen LogP contribution in [0.4, 0.5) is 17.6 Å². The van der Waals surface area contributed by atoms with Crippen LogP contribution < -0.4 is 5.56 Å². The normalized spacial score (nSPS) is 11.5. The summed E-state index contributed by atoms with van der Waals surface area (Å²) in [5.74, 6) is -1.82. The lowest BCUT2D eigenvalue weighted by Gasteiger charge is -2.11. The lowest BCUT2D eigenvalue weighted by atomic mass is 10.1. The number of halogens is 4. The van der Waals surface area contributed by atoms with Gasteiger partial charge in [-0.15, -0.1) is 0 Å². The number of hydrogen-bond acceptors (Lipinski definition) is 4. The molecular weight excluding hydrogens is 456 g/mol. The van der Waals surface area contributed by atoms with E-state index in [0.717, 1.165) is 11.3 Å². The standard InChI is InChI=1S/C24H22F4N2O4/c1-15-11-20(16(2)30(15)10-9-17-3-6-19(25)7-4-17)21(31)14-34-23(33)13-29-12-18(24(26,27)28)5-8-22(29)32/h3-8,11-12H,9-10,13-14H2,1-2H3. The van der Waals surface area contributed by atoms with Gasteiger partial charge in [0.1, 0.15) is 12.4 Å². The molecule has 0 bridgehead atoms. The topological polar surface area (TPSA) is 70.3 Å². The largest absolute Gasteiger partial charge is 0.456 e. The molecule has 3 aromatic rings. The monoisotopic (exact) mass is 478 g/mol. The van der Waals surface area contributed by atoms with E-state index in [-0.39, 0.29) is 5.82 Å². The number of carbonyl (C=O) groups is 2. The molecule has 0 aliphatic carbocycles. The minimum absolute atomic E-state index is 0.322. The summed E-state index contributed by atoms with van der Waals surface area (Å²) in [5.41, 5.74) is 0.866. The third kappa shape index (κ3) is 6.00. The first-order chi connectivity index (χ1) is 16.0. The van der Waals surface area contributed by atoms with E-state index in [1.165, 1.54) is 12.1 Å². The molecule has 1 aromatic carbocycles. The van der Waals surface area contributed by atoms with Gasteiger partial charge in [0.15, 0.2) is 6.61 Å². The number of aryl methyl sites for hydroxylation is 2. The van der Waals surface area contributed by atoms with Crippen LogP contribution in [0.15, 0.2) is 53.5 Å². The summed E-state index contributed by atoms with van der Waals surface area (Å²) in [6.45, 7) is 2.74. The molecule has 0 amide bonds. The summed E-state index contributed by atoms with van der Waals surface area (Å²) in [4.78, 5) is 36.4. The van der Waals surface area contributed by atoms with Gasteiger partial charge in [0.05, 0.1) is 5.56 Å². The van der Waals surface area contributed by atoms with Gasteiger partial charge in [-0.1, -0.05) is 12.1 Å². The van der Waals surface area contributed by atoms with Crippen molar-refractivity contribution in [2.75, 3.05) is 6.61 Å². The molecule has 10 heteroatoms. The van der Waals surface area contributed by atoms with Gasteiger partial charge >= 0.3 is 12.1 Å². The first-order valence-electron chi connectivity index (χ1n) is 10.3. The highest BCUT2D eigenvalue weighted by Gasteiger charge is 2.31. The van der Waals surface area contributed by atoms with Gasteiger partial charge in [0, 0.05) is 35.8 Å². The average Bonchev–Trinajstić information content (AvgIpc) is 3.06. The number of benzene rings is 1. The molecule has 0 N–H and O–H groups in total. The zero-order chi connectivity index (χ0) is 25.0. The van der Waals surface area contributed by atoms with Gasteiger partial charge in [-0.2, -0.15) is 13.2 Å². The van der Waals surface area contributed by atoms with Crippen LogP contribution in [0.1, 0.15) is 32.9 Å². The predicted molar refractivity (Wildman–Crippen MR) is 115 cm³/mol. The second kappa shape index (κ2) is 10.1. The van der Waals surface area contributed by atoms with Gasteiger partial charge < -0.3 is 13.9 Å². The molecular formula is C24H22F4N2O4. The molecule has 0 aliphatic rings. The first kappa shape index (κ1) is 24.9. The predicted octanol–water partition coefficient (Wildman–Crippen LogP) is 4.09. The number of esters is 1. The van der Waals surface area contributed by atoms with Crippen molar-refractivity contribution in [3.05, 3.63) is 92.9 Å². The Bertz CT molecular complexity index is 1260. The van der Waals surface area contributed by atoms with Crippen molar-refractivity contribution in [3.8, 4) is 0 Å². The lowest BCUT2D eigenvalue weighted by Crippen LogP contribution is -2.27. The van der Waals surface area contributed by atoms with E-state index < -0.39 is 42.2 Å². The van der Waals surface area contributed by atoms with Crippen LogP contribution >= 0.6 is 0 Å². The van der Waals surface area contributed by atoms with Crippen molar-refractivity contribution in [3.63, 3.8) is 0 Å². The Morgan fingerprint density at radius 1 is 1.03 bits per heavy atom. The Morgan fingerprint density at radius 2 is 1.71 bits per heavy atom. The van der Waals surface area contributed by atoms with E-state index in [9.17, 15) is 31.9 Å². The van der Waals surface area contributed by atoms with Gasteiger partial charge in [-0.25, -0.2) is 4.39 Å². The maximum atomic E-state index is 13.1. The molecule has 180 valence electrons. The van der Waals surface area contributed by atoms with E-state index in [4.69, 9.17) is 4.74 Å². The number of Topliss-reactive ketones (excluding diaryl/α,β-unsaturated/α-hetero) is 1. The third-order valence-corrected chi connectivity index (χ3v) is 5.39. The van der Waals surface area contributed by atoms with Crippen molar-refractivity contribution in [2.45, 2.75) is 39.5 Å². The first-order valence-corrected chi connectivity index (χ1v) is 10.3. The zero-order valence-electron chi connectivity index (χ0n) is 18.5. The summed E-state index contributed by atoms with van der Waals surface area (Å²) in [6, 6.07) is 9.12. The van der Waals surface area contributed by atoms with Crippen LogP contribution in [0.25, 0.3) is 0 Å². The Labute approximate surface area is 192 Å². The molecule has 3 rings (SSSR count). The van der Waals surface area contributed by atoms with E-state index in [0.29, 0.717) is 47.1 Å². The highest BCUT2D eigenvalue weighted by Crippen LogP contribution is 2.28. The average molecular weight is 478 g/mol. The van der Waals surface area contributed by atoms with Crippen LogP contribution in [0.2, 0.25) is 0 Å². The molecule has 0 saturated heterocycles. The van der Waals surface area contributed by atoms with E-state index in [1.54, 1.807) is 25.1 Å². The molecule has 0 fully saturated rings. The molecule has 0 unspecified atom stereocenters. The van der Waals surface area contributed by atoms with Crippen molar-refractivity contribution in [1.82, 2.24) is 9.13 Å². The zero-order valence-corrected chi connectivity index (χ0v) is 18.5. The van der Waals surface area contributed by atoms with E-state index in [1.807, 2.05) is 11.5 Å². The minimum atomic E-state index is -4.67. The Balaban J connectivity index is 1.62. The van der Waals surface area contributed by atoms with Gasteiger partial charge in [-0.3, -0.25) is 14.4 Å². The maximum Gasteiger partial charge on any atom is 0.417 e. The van der Waals surface area contributed by atoms with Crippen LogP contribution in [0, 0.1) is 19.7 Å². The number of aromatic nitrogens is 2. The van der Waals surface area contributed by atoms with Crippen molar-refractivity contribution < 1.29 is 31.9 Å². The summed E-state index contributed by atoms with van der Waals surface area (Å²) in [7, 11) is 0. The molecule has 6 nitrogen and oxygen atoms in total. The Hall–Kier alpha value is -3.69. The van der Waals surface area contributed by atoms with Crippen LogP contribution in [0.5, 0.6) is 0 Å². The molecule has 2 heterocycles. The number of pyridine rings is 1. The fourth-order valence-corrected chi connectivity index (χ4v) is 3.55. The molecule has 0 spiro atoms. The van der Waals surface area contributed by atoms with Crippen molar-refractivity contribution in [1.29, 1.82) is 0 Å². The number of ether oxygens (including phenoxy) is 1. The molecule has 0 saturated carbocycles. The number of nitrogens with zero attached hydrogens (tertiary/aromatic N) is 2. The molecule has 0 aliphatic heterocycles. The SMILES string of the molecule is Cc1cc(C(=O)COC(=O)Cn2cc(C(F)(F)F)ccc2=O)c(C)n1CCc1ccc(F)cc1. The molecule has 0 atom stereocenters. The van der Waals surface area contributed by atoms with E-state index in [2.05, 4.69) is 0 Å². The van der Waals surface area contributed by atoms with Crippen LogP contribution in [-0.4, -0.2) is 27.5 Å². The van der Waals surface area contributed by atoms with Gasteiger partial charge in [0.2, 0.25) is 5.78 Å². The number of hydrogen-bond donors (Lipinski definition) is 0. The van der Waals surface area contributed by atoms with Crippen molar-refractivity contribution in [2.24, 2.45) is 0 Å². The quantitative estimate of drug-likeness (QED) is 0.278. The minimum Gasteiger partial charge on any atom is -0.456 e. The smallest absolute Gasteiger partial charge is 0.417 e. The lowest BCUT2D eigenvalue weighted by molar-refractivity contribution is -0.144. The number of ketones is 1.